The van der Waals surface area contributed by atoms with Crippen LogP contribution in [0.5, 0.6) is 11.5 Å². The van der Waals surface area contributed by atoms with E-state index in [1.807, 2.05) is 12.1 Å². The molecule has 0 spiro atoms. The highest BCUT2D eigenvalue weighted by atomic mass is 127. The van der Waals surface area contributed by atoms with E-state index in [2.05, 4.69) is 42.5 Å². The number of ether oxygens (including phenoxy) is 2. The van der Waals surface area contributed by atoms with Gasteiger partial charge in [0.05, 0.1) is 14.2 Å². The average Bonchev–Trinajstić information content (AvgIpc) is 2.58. The summed E-state index contributed by atoms with van der Waals surface area (Å²) in [6, 6.07) is 6.07. The van der Waals surface area contributed by atoms with Crippen LogP contribution < -0.4 is 20.1 Å². The van der Waals surface area contributed by atoms with E-state index in [1.54, 1.807) is 14.2 Å². The van der Waals surface area contributed by atoms with Crippen LogP contribution in [0, 0.1) is 5.92 Å². The third-order valence-corrected chi connectivity index (χ3v) is 3.70. The van der Waals surface area contributed by atoms with Gasteiger partial charge in [-0.1, -0.05) is 19.9 Å². The van der Waals surface area contributed by atoms with E-state index in [0.29, 0.717) is 5.92 Å². The van der Waals surface area contributed by atoms with Gasteiger partial charge in [-0.25, -0.2) is 0 Å². The maximum absolute atomic E-state index is 5.34. The monoisotopic (exact) mass is 463 g/mol. The van der Waals surface area contributed by atoms with Crippen LogP contribution in [0.25, 0.3) is 0 Å². The highest BCUT2D eigenvalue weighted by Gasteiger charge is 2.04. The number of halogens is 1. The van der Waals surface area contributed by atoms with Crippen molar-refractivity contribution >= 4 is 29.9 Å². The molecule has 0 saturated heterocycles. The van der Waals surface area contributed by atoms with Crippen LogP contribution in [0.1, 0.15) is 39.2 Å². The van der Waals surface area contributed by atoms with Crippen molar-refractivity contribution in [3.8, 4) is 11.5 Å². The van der Waals surface area contributed by atoms with Gasteiger partial charge in [0.25, 0.3) is 0 Å². The number of nitrogens with zero attached hydrogens (tertiary/aromatic N) is 1. The normalized spacial score (nSPS) is 11.0. The Morgan fingerprint density at radius 2 is 1.84 bits per heavy atom. The SMILES string of the molecule is CCNC(=NCCCc1ccc(OC)c(OC)c1)NCCC(C)C.I. The summed E-state index contributed by atoms with van der Waals surface area (Å²) in [4.78, 5) is 4.64. The van der Waals surface area contributed by atoms with E-state index in [0.717, 1.165) is 56.4 Å². The van der Waals surface area contributed by atoms with Crippen LogP contribution in [0.15, 0.2) is 23.2 Å². The van der Waals surface area contributed by atoms with Gasteiger partial charge in [-0.3, -0.25) is 4.99 Å². The van der Waals surface area contributed by atoms with E-state index in [9.17, 15) is 0 Å². The average molecular weight is 463 g/mol. The Kier molecular flexibility index (Phi) is 13.4. The molecular formula is C19H34IN3O2. The van der Waals surface area contributed by atoms with Gasteiger partial charge in [0.2, 0.25) is 0 Å². The highest BCUT2D eigenvalue weighted by Crippen LogP contribution is 2.27. The Labute approximate surface area is 170 Å². The molecule has 1 aromatic rings. The second-order valence-electron chi connectivity index (χ2n) is 6.16. The lowest BCUT2D eigenvalue weighted by atomic mass is 10.1. The Morgan fingerprint density at radius 3 is 2.44 bits per heavy atom. The topological polar surface area (TPSA) is 54.9 Å². The van der Waals surface area contributed by atoms with E-state index in [-0.39, 0.29) is 24.0 Å². The second-order valence-corrected chi connectivity index (χ2v) is 6.16. The lowest BCUT2D eigenvalue weighted by molar-refractivity contribution is 0.354. The van der Waals surface area contributed by atoms with Crippen molar-refractivity contribution in [2.24, 2.45) is 10.9 Å². The first-order valence-corrected chi connectivity index (χ1v) is 8.83. The number of nitrogens with one attached hydrogen (secondary N) is 2. The lowest BCUT2D eigenvalue weighted by Gasteiger charge is -2.12. The first-order chi connectivity index (χ1) is 11.6. The fourth-order valence-electron chi connectivity index (χ4n) is 2.33. The molecule has 1 rings (SSSR count). The zero-order valence-electron chi connectivity index (χ0n) is 16.2. The Hall–Kier alpha value is -1.18. The summed E-state index contributed by atoms with van der Waals surface area (Å²) < 4.78 is 10.6. The fourth-order valence-corrected chi connectivity index (χ4v) is 2.33. The van der Waals surface area contributed by atoms with Gasteiger partial charge < -0.3 is 20.1 Å². The molecule has 2 N–H and O–H groups in total. The van der Waals surface area contributed by atoms with Crippen molar-refractivity contribution in [2.45, 2.75) is 40.0 Å². The Morgan fingerprint density at radius 1 is 1.12 bits per heavy atom. The quantitative estimate of drug-likeness (QED) is 0.240. The number of guanidine groups is 1. The minimum Gasteiger partial charge on any atom is -0.493 e. The van der Waals surface area contributed by atoms with Gasteiger partial charge in [0, 0.05) is 19.6 Å². The van der Waals surface area contributed by atoms with Gasteiger partial charge in [-0.2, -0.15) is 0 Å². The number of hydrogen-bond acceptors (Lipinski definition) is 3. The summed E-state index contributed by atoms with van der Waals surface area (Å²) in [7, 11) is 3.32. The summed E-state index contributed by atoms with van der Waals surface area (Å²) in [5, 5.41) is 6.68. The molecule has 0 aliphatic heterocycles. The maximum atomic E-state index is 5.34. The number of aryl methyl sites for hydroxylation is 1. The zero-order valence-corrected chi connectivity index (χ0v) is 18.6. The van der Waals surface area contributed by atoms with Gasteiger partial charge in [0.15, 0.2) is 17.5 Å². The highest BCUT2D eigenvalue weighted by molar-refractivity contribution is 14.0. The van der Waals surface area contributed by atoms with E-state index >= 15 is 0 Å². The van der Waals surface area contributed by atoms with Gasteiger partial charge in [-0.15, -0.1) is 24.0 Å². The molecule has 0 aliphatic rings. The van der Waals surface area contributed by atoms with Gasteiger partial charge >= 0.3 is 0 Å². The van der Waals surface area contributed by atoms with E-state index < -0.39 is 0 Å². The minimum absolute atomic E-state index is 0. The molecule has 0 aromatic heterocycles. The maximum Gasteiger partial charge on any atom is 0.191 e. The molecule has 0 bridgehead atoms. The molecule has 0 aliphatic carbocycles. The summed E-state index contributed by atoms with van der Waals surface area (Å²) in [5.41, 5.74) is 1.24. The molecule has 0 amide bonds. The molecule has 0 heterocycles. The van der Waals surface area contributed by atoms with Crippen LogP contribution in [-0.4, -0.2) is 39.8 Å². The smallest absolute Gasteiger partial charge is 0.191 e. The summed E-state index contributed by atoms with van der Waals surface area (Å²) in [6.07, 6.45) is 3.11. The van der Waals surface area contributed by atoms with Crippen molar-refractivity contribution < 1.29 is 9.47 Å². The predicted octanol–water partition coefficient (Wildman–Crippen LogP) is 3.86. The number of rotatable bonds is 10. The minimum atomic E-state index is 0. The molecular weight excluding hydrogens is 429 g/mol. The van der Waals surface area contributed by atoms with Crippen LogP contribution in [0.2, 0.25) is 0 Å². The fraction of sp³-hybridized carbons (Fsp3) is 0.632. The van der Waals surface area contributed by atoms with Crippen molar-refractivity contribution in [1.29, 1.82) is 0 Å². The first-order valence-electron chi connectivity index (χ1n) is 8.83. The van der Waals surface area contributed by atoms with Crippen molar-refractivity contribution in [1.82, 2.24) is 10.6 Å². The summed E-state index contributed by atoms with van der Waals surface area (Å²) >= 11 is 0. The third-order valence-electron chi connectivity index (χ3n) is 3.70. The lowest BCUT2D eigenvalue weighted by Crippen LogP contribution is -2.38. The van der Waals surface area contributed by atoms with Crippen molar-refractivity contribution in [2.75, 3.05) is 33.9 Å². The number of aliphatic imine (C=N–C) groups is 1. The predicted molar refractivity (Wildman–Crippen MR) is 117 cm³/mol. The number of methoxy groups -OCH3 is 2. The Balaban J connectivity index is 0.00000576. The molecule has 0 atom stereocenters. The second kappa shape index (κ2) is 14.0. The molecule has 1 aromatic carbocycles. The number of hydrogen-bond donors (Lipinski definition) is 2. The largest absolute Gasteiger partial charge is 0.493 e. The number of benzene rings is 1. The molecule has 0 radical (unpaired) electrons. The molecule has 0 saturated carbocycles. The standard InChI is InChI=1S/C19H33N3O2.HI/c1-6-20-19(22-13-11-15(2)3)21-12-7-8-16-9-10-17(23-4)18(14-16)24-5;/h9-10,14-15H,6-8,11-13H2,1-5H3,(H2,20,21,22);1H. The molecule has 0 unspecified atom stereocenters. The molecule has 25 heavy (non-hydrogen) atoms. The van der Waals surface area contributed by atoms with E-state index in [1.165, 1.54) is 5.56 Å². The first kappa shape index (κ1) is 23.8. The van der Waals surface area contributed by atoms with Crippen LogP contribution in [0.3, 0.4) is 0 Å². The van der Waals surface area contributed by atoms with Gasteiger partial charge in [0.1, 0.15) is 0 Å². The molecule has 0 fully saturated rings. The van der Waals surface area contributed by atoms with Crippen LogP contribution >= 0.6 is 24.0 Å². The summed E-state index contributed by atoms with van der Waals surface area (Å²) in [5.74, 6) is 3.15. The van der Waals surface area contributed by atoms with Gasteiger partial charge in [-0.05, 0) is 49.8 Å². The Bertz CT molecular complexity index is 507. The summed E-state index contributed by atoms with van der Waals surface area (Å²) in [6.45, 7) is 9.18. The van der Waals surface area contributed by atoms with Crippen LogP contribution in [-0.2, 0) is 6.42 Å². The molecule has 144 valence electrons. The third kappa shape index (κ3) is 9.77. The van der Waals surface area contributed by atoms with Crippen LogP contribution in [0.4, 0.5) is 0 Å². The van der Waals surface area contributed by atoms with Crippen molar-refractivity contribution in [3.63, 3.8) is 0 Å². The van der Waals surface area contributed by atoms with E-state index in [4.69, 9.17) is 9.47 Å². The van der Waals surface area contributed by atoms with Crippen molar-refractivity contribution in [3.05, 3.63) is 23.8 Å². The molecule has 5 nitrogen and oxygen atoms in total. The zero-order chi connectivity index (χ0) is 17.8. The molecule has 6 heteroatoms.